The van der Waals surface area contributed by atoms with Crippen molar-refractivity contribution in [3.63, 3.8) is 0 Å². The van der Waals surface area contributed by atoms with E-state index in [1.807, 2.05) is 0 Å². The topological polar surface area (TPSA) is 80.8 Å². The van der Waals surface area contributed by atoms with Crippen LogP contribution in [0.1, 0.15) is 27.1 Å². The van der Waals surface area contributed by atoms with Crippen LogP contribution < -0.4 is 4.90 Å². The number of amides is 2. The summed E-state index contributed by atoms with van der Waals surface area (Å²) in [6.45, 7) is -0.376. The number of ketones is 1. The molecule has 6 atom stereocenters. The van der Waals surface area contributed by atoms with Gasteiger partial charge in [0.25, 0.3) is 0 Å². The summed E-state index contributed by atoms with van der Waals surface area (Å²) in [6, 6.07) is 12.9. The normalized spacial score (nSPS) is 30.0. The predicted molar refractivity (Wildman–Crippen MR) is 132 cm³/mol. The average Bonchev–Trinajstić information content (AvgIpc) is 3.42. The zero-order valence-electron chi connectivity index (χ0n) is 17.1. The number of alkyl halides is 2. The molecular formula is C24H18Br3NO5. The van der Waals surface area contributed by atoms with Crippen LogP contribution in [0.3, 0.4) is 0 Å². The molecule has 170 valence electrons. The van der Waals surface area contributed by atoms with Gasteiger partial charge in [-0.15, -0.1) is 0 Å². The Morgan fingerprint density at radius 3 is 1.91 bits per heavy atom. The molecule has 2 saturated carbocycles. The zero-order chi connectivity index (χ0) is 23.4. The number of esters is 1. The molecule has 1 saturated heterocycles. The highest BCUT2D eigenvalue weighted by Crippen LogP contribution is 2.60. The lowest BCUT2D eigenvalue weighted by Crippen LogP contribution is -2.37. The number of anilines is 1. The maximum absolute atomic E-state index is 13.1. The molecule has 5 rings (SSSR count). The Hall–Kier alpha value is -1.84. The second kappa shape index (κ2) is 8.74. The third-order valence-corrected chi connectivity index (χ3v) is 10.6. The van der Waals surface area contributed by atoms with Crippen LogP contribution >= 0.6 is 47.8 Å². The molecule has 0 spiro atoms. The number of fused-ring (bicyclic) bond motifs is 5. The molecule has 1 aliphatic heterocycles. The molecule has 6 unspecified atom stereocenters. The van der Waals surface area contributed by atoms with E-state index in [1.54, 1.807) is 36.4 Å². The van der Waals surface area contributed by atoms with Gasteiger partial charge in [-0.3, -0.25) is 19.3 Å². The summed E-state index contributed by atoms with van der Waals surface area (Å²) in [5.41, 5.74) is 1.13. The maximum Gasteiger partial charge on any atom is 0.338 e. The summed E-state index contributed by atoms with van der Waals surface area (Å²) in [7, 11) is 0. The molecule has 2 aromatic rings. The van der Waals surface area contributed by atoms with Gasteiger partial charge in [0.05, 0.1) is 23.1 Å². The van der Waals surface area contributed by atoms with Gasteiger partial charge in [-0.25, -0.2) is 4.79 Å². The van der Waals surface area contributed by atoms with E-state index in [4.69, 9.17) is 4.74 Å². The molecule has 2 aromatic carbocycles. The van der Waals surface area contributed by atoms with Gasteiger partial charge in [0.15, 0.2) is 12.4 Å². The molecule has 2 bridgehead atoms. The number of Topliss-reactive ketones (excluding diaryl/α,β-unsaturated/α-hetero) is 1. The number of halogens is 3. The highest BCUT2D eigenvalue weighted by atomic mass is 79.9. The molecule has 33 heavy (non-hydrogen) atoms. The lowest BCUT2D eigenvalue weighted by Gasteiger charge is -2.28. The molecule has 3 aliphatic rings. The monoisotopic (exact) mass is 637 g/mol. The van der Waals surface area contributed by atoms with Crippen molar-refractivity contribution in [2.24, 2.45) is 23.7 Å². The van der Waals surface area contributed by atoms with E-state index in [0.29, 0.717) is 11.3 Å². The van der Waals surface area contributed by atoms with Crippen LogP contribution in [0.25, 0.3) is 0 Å². The van der Waals surface area contributed by atoms with Gasteiger partial charge in [0, 0.05) is 19.7 Å². The molecule has 6 nitrogen and oxygen atoms in total. The number of benzene rings is 2. The second-order valence-corrected chi connectivity index (χ2v) is 11.6. The summed E-state index contributed by atoms with van der Waals surface area (Å²) < 4.78 is 5.99. The van der Waals surface area contributed by atoms with Crippen molar-refractivity contribution in [3.05, 3.63) is 64.1 Å². The standard InChI is InChI=1S/C24H18Br3NO5/c25-13-5-1-11(2-6-13)17(29)10-33-24(32)12-3-7-14(8-4-12)28-22(30)18-15-9-16(19(18)23(28)31)21(27)20(15)26/h1-8,15-16,18-21H,9-10H2. The first-order valence-electron chi connectivity index (χ1n) is 10.5. The van der Waals surface area contributed by atoms with Crippen LogP contribution in [0.2, 0.25) is 0 Å². The van der Waals surface area contributed by atoms with Crippen molar-refractivity contribution in [1.29, 1.82) is 0 Å². The Kier molecular flexibility index (Phi) is 6.07. The van der Waals surface area contributed by atoms with E-state index in [-0.39, 0.29) is 63.1 Å². The second-order valence-electron chi connectivity index (χ2n) is 8.57. The van der Waals surface area contributed by atoms with Gasteiger partial charge in [-0.2, -0.15) is 0 Å². The Balaban J connectivity index is 1.26. The van der Waals surface area contributed by atoms with Gasteiger partial charge < -0.3 is 4.74 Å². The first-order chi connectivity index (χ1) is 15.8. The van der Waals surface area contributed by atoms with Crippen molar-refractivity contribution in [3.8, 4) is 0 Å². The summed E-state index contributed by atoms with van der Waals surface area (Å²) in [4.78, 5) is 52.5. The molecule has 0 radical (unpaired) electrons. The van der Waals surface area contributed by atoms with Gasteiger partial charge in [0.1, 0.15) is 0 Å². The van der Waals surface area contributed by atoms with Crippen LogP contribution in [0.15, 0.2) is 53.0 Å². The lowest BCUT2D eigenvalue weighted by atomic mass is 9.81. The Morgan fingerprint density at radius 2 is 1.36 bits per heavy atom. The van der Waals surface area contributed by atoms with Crippen molar-refractivity contribution in [2.75, 3.05) is 11.5 Å². The summed E-state index contributed by atoms with van der Waals surface area (Å²) in [5.74, 6) is -1.60. The smallest absolute Gasteiger partial charge is 0.338 e. The molecule has 2 aliphatic carbocycles. The molecule has 0 N–H and O–H groups in total. The number of imide groups is 1. The average molecular weight is 640 g/mol. The largest absolute Gasteiger partial charge is 0.454 e. The SMILES string of the molecule is O=C(COC(=O)c1ccc(N2C(=O)C3C4CC(C(Br)C4Br)C3C2=O)cc1)c1ccc(Br)cc1. The highest BCUT2D eigenvalue weighted by Gasteiger charge is 2.66. The number of hydrogen-bond acceptors (Lipinski definition) is 5. The number of carbonyl (C=O) groups excluding carboxylic acids is 4. The van der Waals surface area contributed by atoms with Crippen molar-refractivity contribution in [1.82, 2.24) is 0 Å². The fraction of sp³-hybridized carbons (Fsp3) is 0.333. The molecule has 9 heteroatoms. The molecular weight excluding hydrogens is 622 g/mol. The summed E-state index contributed by atoms with van der Waals surface area (Å²) in [6.07, 6.45) is 0.871. The van der Waals surface area contributed by atoms with Crippen molar-refractivity contribution in [2.45, 2.75) is 16.1 Å². The number of rotatable bonds is 5. The number of ether oxygens (including phenoxy) is 1. The van der Waals surface area contributed by atoms with E-state index in [0.717, 1.165) is 10.9 Å². The van der Waals surface area contributed by atoms with E-state index in [9.17, 15) is 19.2 Å². The Bertz CT molecular complexity index is 1120. The highest BCUT2D eigenvalue weighted by molar-refractivity contribution is 9.12. The van der Waals surface area contributed by atoms with Gasteiger partial charge >= 0.3 is 5.97 Å². The van der Waals surface area contributed by atoms with Gasteiger partial charge in [0.2, 0.25) is 11.8 Å². The molecule has 3 fully saturated rings. The van der Waals surface area contributed by atoms with E-state index in [1.165, 1.54) is 17.0 Å². The van der Waals surface area contributed by atoms with Crippen LogP contribution in [0.4, 0.5) is 5.69 Å². The molecule has 1 heterocycles. The molecule has 2 amide bonds. The van der Waals surface area contributed by atoms with E-state index < -0.39 is 5.97 Å². The molecule has 0 aromatic heterocycles. The predicted octanol–water partition coefficient (Wildman–Crippen LogP) is 4.77. The first kappa shape index (κ1) is 22.9. The van der Waals surface area contributed by atoms with E-state index in [2.05, 4.69) is 47.8 Å². The third-order valence-electron chi connectivity index (χ3n) is 6.85. The quantitative estimate of drug-likeness (QED) is 0.204. The van der Waals surface area contributed by atoms with Crippen LogP contribution in [-0.2, 0) is 14.3 Å². The minimum absolute atomic E-state index is 0.142. The van der Waals surface area contributed by atoms with Crippen molar-refractivity contribution >= 4 is 77.0 Å². The maximum atomic E-state index is 13.1. The van der Waals surface area contributed by atoms with Crippen LogP contribution in [0, 0.1) is 23.7 Å². The number of hydrogen-bond donors (Lipinski definition) is 0. The number of nitrogens with zero attached hydrogens (tertiary/aromatic N) is 1. The van der Waals surface area contributed by atoms with E-state index >= 15 is 0 Å². The summed E-state index contributed by atoms with van der Waals surface area (Å²) >= 11 is 10.7. The van der Waals surface area contributed by atoms with Crippen molar-refractivity contribution < 1.29 is 23.9 Å². The third kappa shape index (κ3) is 3.82. The zero-order valence-corrected chi connectivity index (χ0v) is 21.9. The Labute approximate surface area is 215 Å². The van der Waals surface area contributed by atoms with Gasteiger partial charge in [-0.1, -0.05) is 59.9 Å². The summed E-state index contributed by atoms with van der Waals surface area (Å²) in [5, 5.41) is 0. The minimum Gasteiger partial charge on any atom is -0.454 e. The van der Waals surface area contributed by atoms with Gasteiger partial charge in [-0.05, 0) is 54.7 Å². The number of carbonyl (C=O) groups is 4. The minimum atomic E-state index is -0.648. The van der Waals surface area contributed by atoms with Crippen LogP contribution in [0.5, 0.6) is 0 Å². The van der Waals surface area contributed by atoms with Crippen LogP contribution in [-0.4, -0.2) is 39.8 Å². The fourth-order valence-electron chi connectivity index (χ4n) is 5.28. The fourth-order valence-corrected chi connectivity index (χ4v) is 7.42. The lowest BCUT2D eigenvalue weighted by molar-refractivity contribution is -0.123. The Morgan fingerprint density at radius 1 is 0.848 bits per heavy atom. The first-order valence-corrected chi connectivity index (χ1v) is 13.1.